The number of ether oxygens (including phenoxy) is 3. The Morgan fingerprint density at radius 2 is 1.84 bits per heavy atom. The topological polar surface area (TPSA) is 82.0 Å². The molecule has 0 bridgehead atoms. The van der Waals surface area contributed by atoms with Crippen molar-refractivity contribution in [1.82, 2.24) is 24.6 Å². The van der Waals surface area contributed by atoms with Gasteiger partial charge in [-0.15, -0.1) is 11.3 Å². The van der Waals surface area contributed by atoms with Gasteiger partial charge in [0.2, 0.25) is 5.91 Å². The summed E-state index contributed by atoms with van der Waals surface area (Å²) in [5, 5.41) is 7.24. The third-order valence-electron chi connectivity index (χ3n) is 8.38. The summed E-state index contributed by atoms with van der Waals surface area (Å²) >= 11 is 1.31. The van der Waals surface area contributed by atoms with E-state index in [2.05, 4.69) is 6.58 Å². The van der Waals surface area contributed by atoms with Crippen LogP contribution in [0.2, 0.25) is 0 Å². The average Bonchev–Trinajstić information content (AvgIpc) is 3.73. The van der Waals surface area contributed by atoms with Gasteiger partial charge >= 0.3 is 0 Å². The number of carbonyl (C=O) groups is 1. The van der Waals surface area contributed by atoms with Crippen molar-refractivity contribution < 1.29 is 32.2 Å². The van der Waals surface area contributed by atoms with Crippen molar-refractivity contribution in [3.8, 4) is 45.3 Å². The van der Waals surface area contributed by atoms with Gasteiger partial charge in [0, 0.05) is 59.6 Å². The van der Waals surface area contributed by atoms with Crippen molar-refractivity contribution in [3.63, 3.8) is 0 Å². The molecule has 2 aromatic carbocycles. The number of thiophene rings is 1. The molecule has 1 amide bonds. The van der Waals surface area contributed by atoms with Gasteiger partial charge in [-0.3, -0.25) is 9.48 Å². The first-order chi connectivity index (χ1) is 23.6. The van der Waals surface area contributed by atoms with E-state index in [1.54, 1.807) is 33.8 Å². The Balaban J connectivity index is 1.57. The van der Waals surface area contributed by atoms with Gasteiger partial charge < -0.3 is 24.0 Å². The van der Waals surface area contributed by atoms with E-state index in [0.29, 0.717) is 59.0 Å². The first kappa shape index (κ1) is 34.2. The van der Waals surface area contributed by atoms with Crippen LogP contribution < -0.4 is 9.47 Å². The molecule has 9 nitrogen and oxygen atoms in total. The van der Waals surface area contributed by atoms with Crippen molar-refractivity contribution in [2.75, 3.05) is 54.1 Å². The first-order valence-electron chi connectivity index (χ1n) is 15.7. The molecule has 0 saturated carbocycles. The van der Waals surface area contributed by atoms with Crippen molar-refractivity contribution in [1.29, 1.82) is 0 Å². The van der Waals surface area contributed by atoms with Crippen molar-refractivity contribution in [2.24, 2.45) is 0 Å². The van der Waals surface area contributed by atoms with E-state index in [1.165, 1.54) is 30.6 Å². The summed E-state index contributed by atoms with van der Waals surface area (Å²) < 4.78 is 65.7. The van der Waals surface area contributed by atoms with Crippen LogP contribution in [0.25, 0.3) is 43.9 Å². The highest BCUT2D eigenvalue weighted by molar-refractivity contribution is 7.18. The number of aromatic nitrogens is 3. The number of likely N-dealkylation sites (N-methyl/N-ethyl adjacent to an activating group) is 1. The van der Waals surface area contributed by atoms with E-state index in [9.17, 15) is 9.18 Å². The fourth-order valence-electron chi connectivity index (χ4n) is 5.95. The number of pyridine rings is 1. The molecule has 0 radical (unpaired) electrons. The van der Waals surface area contributed by atoms with Gasteiger partial charge in [-0.1, -0.05) is 6.58 Å². The fraction of sp³-hybridized carbons (Fsp3) is 0.306. The lowest BCUT2D eigenvalue weighted by Gasteiger charge is -2.33. The summed E-state index contributed by atoms with van der Waals surface area (Å²) in [5.41, 5.74) is 2.20. The second kappa shape index (κ2) is 14.4. The van der Waals surface area contributed by atoms with Crippen LogP contribution in [-0.4, -0.2) is 84.6 Å². The molecule has 6 rings (SSSR count). The summed E-state index contributed by atoms with van der Waals surface area (Å²) in [6.45, 7) is 7.61. The number of hydrogen-bond donors (Lipinski definition) is 0. The van der Waals surface area contributed by atoms with Crippen molar-refractivity contribution >= 4 is 27.3 Å². The number of halogens is 3. The molecule has 1 atom stereocenters. The van der Waals surface area contributed by atoms with Crippen LogP contribution in [0.15, 0.2) is 60.5 Å². The van der Waals surface area contributed by atoms with Crippen molar-refractivity contribution in [2.45, 2.75) is 19.5 Å². The minimum absolute atomic E-state index is 0.00778. The molecule has 0 aliphatic carbocycles. The Morgan fingerprint density at radius 1 is 1.02 bits per heavy atom. The number of methoxy groups -OCH3 is 1. The Labute approximate surface area is 286 Å². The molecule has 49 heavy (non-hydrogen) atoms. The molecule has 4 heterocycles. The van der Waals surface area contributed by atoms with Crippen LogP contribution in [0.1, 0.15) is 18.7 Å². The lowest BCUT2D eigenvalue weighted by atomic mass is 9.96. The van der Waals surface area contributed by atoms with E-state index in [-0.39, 0.29) is 47.7 Å². The largest absolute Gasteiger partial charge is 0.492 e. The van der Waals surface area contributed by atoms with Crippen LogP contribution in [0, 0.1) is 17.5 Å². The van der Waals surface area contributed by atoms with E-state index >= 15 is 8.78 Å². The van der Waals surface area contributed by atoms with Crippen LogP contribution in [0.3, 0.4) is 0 Å². The van der Waals surface area contributed by atoms with Crippen molar-refractivity contribution in [3.05, 3.63) is 83.6 Å². The number of carbonyl (C=O) groups excluding carboxylic acids is 1. The predicted octanol–water partition coefficient (Wildman–Crippen LogP) is 6.97. The SMILES string of the molecule is C=CC(=O)N1CCn2nc(-c3nc(-c4ccc(OCCN(C)C)cc4F)c4ccsc4c3-c3c(F)cc(F)cc3OCCOC)cc2C1C. The molecule has 13 heteroatoms. The zero-order chi connectivity index (χ0) is 34.8. The third kappa shape index (κ3) is 6.78. The number of nitrogens with zero attached hydrogens (tertiary/aromatic N) is 5. The van der Waals surface area contributed by atoms with Crippen LogP contribution >= 0.6 is 11.3 Å². The number of fused-ring (bicyclic) bond motifs is 2. The molecule has 1 aliphatic rings. The Bertz CT molecular complexity index is 2030. The van der Waals surface area contributed by atoms with E-state index in [4.69, 9.17) is 24.3 Å². The molecule has 0 fully saturated rings. The molecule has 3 aromatic heterocycles. The molecule has 0 spiro atoms. The van der Waals surface area contributed by atoms with Gasteiger partial charge in [-0.25, -0.2) is 18.2 Å². The maximum Gasteiger partial charge on any atom is 0.246 e. The van der Waals surface area contributed by atoms with E-state index in [1.807, 2.05) is 31.3 Å². The molecule has 1 aliphatic heterocycles. The monoisotopic (exact) mass is 691 g/mol. The average molecular weight is 692 g/mol. The zero-order valence-corrected chi connectivity index (χ0v) is 28.5. The summed E-state index contributed by atoms with van der Waals surface area (Å²) in [6, 6.07) is 9.78. The molecular weight excluding hydrogens is 655 g/mol. The maximum absolute atomic E-state index is 16.1. The summed E-state index contributed by atoms with van der Waals surface area (Å²) in [6.07, 6.45) is 1.27. The lowest BCUT2D eigenvalue weighted by molar-refractivity contribution is -0.129. The van der Waals surface area contributed by atoms with Crippen LogP contribution in [0.5, 0.6) is 11.5 Å². The van der Waals surface area contributed by atoms with Gasteiger partial charge in [0.25, 0.3) is 0 Å². The molecule has 0 N–H and O–H groups in total. The molecule has 256 valence electrons. The van der Waals surface area contributed by atoms with E-state index < -0.39 is 17.5 Å². The smallest absolute Gasteiger partial charge is 0.246 e. The quantitative estimate of drug-likeness (QED) is 0.103. The van der Waals surface area contributed by atoms with Gasteiger partial charge in [-0.05, 0) is 56.7 Å². The number of amides is 1. The Kier molecular flexibility index (Phi) is 10.0. The Hall–Kier alpha value is -4.72. The molecule has 0 saturated heterocycles. The normalized spacial score (nSPS) is 14.4. The maximum atomic E-state index is 16.1. The minimum Gasteiger partial charge on any atom is -0.492 e. The third-order valence-corrected chi connectivity index (χ3v) is 9.32. The summed E-state index contributed by atoms with van der Waals surface area (Å²) in [4.78, 5) is 21.3. The lowest BCUT2D eigenvalue weighted by Crippen LogP contribution is -2.40. The number of benzene rings is 2. The minimum atomic E-state index is -0.858. The van der Waals surface area contributed by atoms with E-state index in [0.717, 1.165) is 17.8 Å². The van der Waals surface area contributed by atoms with Gasteiger partial charge in [-0.2, -0.15) is 5.10 Å². The molecular formula is C36H36F3N5O4S. The molecule has 1 unspecified atom stereocenters. The number of rotatable bonds is 12. The standard InChI is InChI=1S/C36H36F3N5O4S/c1-6-31(45)43-10-11-44-29(21(43)2)20-28(41-44)35-33(32-27(39)17-22(37)18-30(32)48-15-14-46-5)36-25(9-16-49-36)34(40-35)24-8-7-23(19-26(24)38)47-13-12-42(3)4/h6-9,16-21H,1,10-15H2,2-5H3. The number of hydrogen-bond acceptors (Lipinski definition) is 8. The highest BCUT2D eigenvalue weighted by Gasteiger charge is 2.31. The summed E-state index contributed by atoms with van der Waals surface area (Å²) in [5.74, 6) is -2.08. The second-order valence-electron chi connectivity index (χ2n) is 11.8. The van der Waals surface area contributed by atoms with Crippen LogP contribution in [-0.2, 0) is 16.1 Å². The van der Waals surface area contributed by atoms with Gasteiger partial charge in [0.1, 0.15) is 53.6 Å². The highest BCUT2D eigenvalue weighted by Crippen LogP contribution is 2.47. The fourth-order valence-corrected chi connectivity index (χ4v) is 6.90. The zero-order valence-electron chi connectivity index (χ0n) is 27.6. The summed E-state index contributed by atoms with van der Waals surface area (Å²) in [7, 11) is 5.35. The predicted molar refractivity (Wildman–Crippen MR) is 183 cm³/mol. The highest BCUT2D eigenvalue weighted by atomic mass is 32.1. The molecule has 5 aromatic rings. The Morgan fingerprint density at radius 3 is 2.57 bits per heavy atom. The van der Waals surface area contributed by atoms with Gasteiger partial charge in [0.05, 0.1) is 36.1 Å². The second-order valence-corrected chi connectivity index (χ2v) is 12.7. The van der Waals surface area contributed by atoms with Crippen LogP contribution in [0.4, 0.5) is 13.2 Å². The first-order valence-corrected chi connectivity index (χ1v) is 16.6. The van der Waals surface area contributed by atoms with Gasteiger partial charge in [0.15, 0.2) is 0 Å².